The number of hydrogen-bond acceptors (Lipinski definition) is 4. The Bertz CT molecular complexity index is 737. The van der Waals surface area contributed by atoms with Gasteiger partial charge in [-0.05, 0) is 30.7 Å². The minimum Gasteiger partial charge on any atom is -0.466 e. The van der Waals surface area contributed by atoms with Gasteiger partial charge in [-0.15, -0.1) is 0 Å². The zero-order valence-corrected chi connectivity index (χ0v) is 11.8. The van der Waals surface area contributed by atoms with Crippen molar-refractivity contribution in [3.63, 3.8) is 0 Å². The van der Waals surface area contributed by atoms with Gasteiger partial charge in [0.05, 0.1) is 18.4 Å². The van der Waals surface area contributed by atoms with Crippen LogP contribution in [-0.4, -0.2) is 17.6 Å². The molecule has 2 aromatic rings. The highest BCUT2D eigenvalue weighted by atomic mass is 16.5. The van der Waals surface area contributed by atoms with Crippen LogP contribution < -0.4 is 5.73 Å². The minimum atomic E-state index is -0.465. The van der Waals surface area contributed by atoms with Crippen LogP contribution in [0.5, 0.6) is 0 Å². The number of anilines is 1. The van der Waals surface area contributed by atoms with Gasteiger partial charge in [0.15, 0.2) is 0 Å². The molecule has 0 bridgehead atoms. The number of aromatic nitrogens is 1. The van der Waals surface area contributed by atoms with E-state index in [-0.39, 0.29) is 0 Å². The first-order valence-electron chi connectivity index (χ1n) is 6.32. The average molecular weight is 281 g/mol. The lowest BCUT2D eigenvalue weighted by Gasteiger charge is -2.09. The summed E-state index contributed by atoms with van der Waals surface area (Å²) in [5, 5.41) is 9.25. The highest BCUT2D eigenvalue weighted by molar-refractivity contribution is 5.87. The first-order valence-corrected chi connectivity index (χ1v) is 6.32. The number of methoxy groups -OCH3 is 1. The number of carbonyl (C=O) groups is 1. The molecule has 1 aromatic carbocycles. The third-order valence-electron chi connectivity index (χ3n) is 3.20. The fourth-order valence-corrected chi connectivity index (χ4v) is 2.14. The van der Waals surface area contributed by atoms with Crippen LogP contribution in [0.1, 0.15) is 16.8 Å². The number of nitrogen functional groups attached to an aromatic ring is 1. The molecule has 0 unspecified atom stereocenters. The standard InChI is InChI=1S/C16H15N3O2/c1-11-13(10-17)16(18)19(12-6-4-3-5-7-12)14(11)8-9-15(20)21-2/h3-9H,18H2,1-2H3/b9-8+. The van der Waals surface area contributed by atoms with Crippen molar-refractivity contribution in [3.8, 4) is 11.8 Å². The molecular weight excluding hydrogens is 266 g/mol. The summed E-state index contributed by atoms with van der Waals surface area (Å²) in [4.78, 5) is 11.3. The van der Waals surface area contributed by atoms with Crippen LogP contribution in [0.25, 0.3) is 11.8 Å². The van der Waals surface area contributed by atoms with Crippen molar-refractivity contribution in [1.82, 2.24) is 4.57 Å². The molecule has 0 aliphatic carbocycles. The molecule has 0 aliphatic rings. The summed E-state index contributed by atoms with van der Waals surface area (Å²) >= 11 is 0. The lowest BCUT2D eigenvalue weighted by Crippen LogP contribution is -2.03. The number of nitrogens with two attached hydrogens (primary N) is 1. The van der Waals surface area contributed by atoms with E-state index in [0.717, 1.165) is 11.3 Å². The molecule has 0 saturated heterocycles. The summed E-state index contributed by atoms with van der Waals surface area (Å²) in [6, 6.07) is 11.5. The van der Waals surface area contributed by atoms with E-state index in [4.69, 9.17) is 5.73 Å². The van der Waals surface area contributed by atoms with Crippen molar-refractivity contribution in [3.05, 3.63) is 53.2 Å². The Kier molecular flexibility index (Phi) is 4.10. The third-order valence-corrected chi connectivity index (χ3v) is 3.20. The highest BCUT2D eigenvalue weighted by Gasteiger charge is 2.17. The summed E-state index contributed by atoms with van der Waals surface area (Å²) in [7, 11) is 1.31. The predicted molar refractivity (Wildman–Crippen MR) is 80.7 cm³/mol. The van der Waals surface area contributed by atoms with E-state index in [9.17, 15) is 10.1 Å². The molecule has 106 valence electrons. The molecule has 1 heterocycles. The summed E-state index contributed by atoms with van der Waals surface area (Å²) < 4.78 is 6.33. The highest BCUT2D eigenvalue weighted by Crippen LogP contribution is 2.29. The molecule has 5 heteroatoms. The maximum atomic E-state index is 11.3. The molecule has 0 saturated carbocycles. The second-order valence-electron chi connectivity index (χ2n) is 4.41. The van der Waals surface area contributed by atoms with Gasteiger partial charge in [-0.3, -0.25) is 4.57 Å². The van der Waals surface area contributed by atoms with Gasteiger partial charge in [-0.2, -0.15) is 5.26 Å². The number of rotatable bonds is 3. The Balaban J connectivity index is 2.66. The van der Waals surface area contributed by atoms with Gasteiger partial charge in [0, 0.05) is 11.8 Å². The lowest BCUT2D eigenvalue weighted by atomic mass is 10.1. The average Bonchev–Trinajstić information content (AvgIpc) is 2.75. The van der Waals surface area contributed by atoms with E-state index in [0.29, 0.717) is 17.1 Å². The van der Waals surface area contributed by atoms with E-state index in [1.165, 1.54) is 13.2 Å². The van der Waals surface area contributed by atoms with Crippen LogP contribution in [0.4, 0.5) is 5.82 Å². The quantitative estimate of drug-likeness (QED) is 0.692. The van der Waals surface area contributed by atoms with Gasteiger partial charge >= 0.3 is 5.97 Å². The van der Waals surface area contributed by atoms with Gasteiger partial charge in [0.25, 0.3) is 0 Å². The number of nitrogens with zero attached hydrogens (tertiary/aromatic N) is 2. The molecule has 0 radical (unpaired) electrons. The number of nitriles is 1. The SMILES string of the molecule is COC(=O)/C=C/c1c(C)c(C#N)c(N)n1-c1ccccc1. The van der Waals surface area contributed by atoms with E-state index in [2.05, 4.69) is 10.8 Å². The smallest absolute Gasteiger partial charge is 0.330 e. The summed E-state index contributed by atoms with van der Waals surface area (Å²) in [6.07, 6.45) is 2.91. The van der Waals surface area contributed by atoms with E-state index >= 15 is 0 Å². The van der Waals surface area contributed by atoms with Crippen molar-refractivity contribution in [2.75, 3.05) is 12.8 Å². The molecule has 0 aliphatic heterocycles. The van der Waals surface area contributed by atoms with Crippen LogP contribution in [0.2, 0.25) is 0 Å². The van der Waals surface area contributed by atoms with Gasteiger partial charge in [0.2, 0.25) is 0 Å². The number of para-hydroxylation sites is 1. The number of hydrogen-bond donors (Lipinski definition) is 1. The Morgan fingerprint density at radius 2 is 2.05 bits per heavy atom. The predicted octanol–water partition coefficient (Wildman–Crippen LogP) is 2.43. The minimum absolute atomic E-state index is 0.353. The summed E-state index contributed by atoms with van der Waals surface area (Å²) in [5.41, 5.74) is 8.71. The zero-order chi connectivity index (χ0) is 15.4. The first kappa shape index (κ1) is 14.4. The normalized spacial score (nSPS) is 10.5. The zero-order valence-electron chi connectivity index (χ0n) is 11.8. The van der Waals surface area contributed by atoms with Gasteiger partial charge in [-0.25, -0.2) is 4.79 Å². The van der Waals surface area contributed by atoms with E-state index < -0.39 is 5.97 Å². The largest absolute Gasteiger partial charge is 0.466 e. The molecule has 1 aromatic heterocycles. The molecule has 21 heavy (non-hydrogen) atoms. The van der Waals surface area contributed by atoms with E-state index in [1.807, 2.05) is 30.3 Å². The van der Waals surface area contributed by atoms with Crippen LogP contribution in [-0.2, 0) is 9.53 Å². The van der Waals surface area contributed by atoms with Crippen LogP contribution in [0.3, 0.4) is 0 Å². The first-order chi connectivity index (χ1) is 10.1. The van der Waals surface area contributed by atoms with Crippen molar-refractivity contribution in [1.29, 1.82) is 5.26 Å². The molecule has 5 nitrogen and oxygen atoms in total. The fourth-order valence-electron chi connectivity index (χ4n) is 2.14. The Morgan fingerprint density at radius 1 is 1.38 bits per heavy atom. The molecule has 0 fully saturated rings. The molecule has 2 rings (SSSR count). The Labute approximate surface area is 122 Å². The van der Waals surface area contributed by atoms with E-state index in [1.54, 1.807) is 17.6 Å². The van der Waals surface area contributed by atoms with Crippen molar-refractivity contribution < 1.29 is 9.53 Å². The van der Waals surface area contributed by atoms with Crippen LogP contribution in [0, 0.1) is 18.3 Å². The summed E-state index contributed by atoms with van der Waals surface area (Å²) in [6.45, 7) is 1.80. The molecule has 0 spiro atoms. The maximum absolute atomic E-state index is 11.3. The maximum Gasteiger partial charge on any atom is 0.330 e. The van der Waals surface area contributed by atoms with Crippen LogP contribution in [0.15, 0.2) is 36.4 Å². The third kappa shape index (κ3) is 2.65. The van der Waals surface area contributed by atoms with Gasteiger partial charge in [0.1, 0.15) is 11.9 Å². The molecule has 0 amide bonds. The van der Waals surface area contributed by atoms with Crippen molar-refractivity contribution in [2.45, 2.75) is 6.92 Å². The Hall–Kier alpha value is -3.00. The number of esters is 1. The molecule has 0 atom stereocenters. The monoisotopic (exact) mass is 281 g/mol. The van der Waals surface area contributed by atoms with Crippen LogP contribution >= 0.6 is 0 Å². The number of benzene rings is 1. The van der Waals surface area contributed by atoms with Gasteiger partial charge in [-0.1, -0.05) is 18.2 Å². The van der Waals surface area contributed by atoms with Crippen molar-refractivity contribution in [2.24, 2.45) is 0 Å². The summed E-state index contributed by atoms with van der Waals surface area (Å²) in [5.74, 6) is -0.113. The van der Waals surface area contributed by atoms with Gasteiger partial charge < -0.3 is 10.5 Å². The fraction of sp³-hybridized carbons (Fsp3) is 0.125. The lowest BCUT2D eigenvalue weighted by molar-refractivity contribution is -0.134. The second kappa shape index (κ2) is 5.97. The molecular formula is C16H15N3O2. The topological polar surface area (TPSA) is 81.0 Å². The van der Waals surface area contributed by atoms with Crippen molar-refractivity contribution >= 4 is 17.9 Å². The number of ether oxygens (including phenoxy) is 1. The number of carbonyl (C=O) groups excluding carboxylic acids is 1. The Morgan fingerprint density at radius 3 is 2.62 bits per heavy atom. The molecule has 2 N–H and O–H groups in total. The second-order valence-corrected chi connectivity index (χ2v) is 4.41.